The van der Waals surface area contributed by atoms with Crippen LogP contribution in [-0.4, -0.2) is 36.5 Å². The minimum Gasteiger partial charge on any atom is -0.416 e. The summed E-state index contributed by atoms with van der Waals surface area (Å²) in [6.07, 6.45) is -6.19. The first-order valence-corrected chi connectivity index (χ1v) is 6.13. The molecule has 0 heterocycles. The van der Waals surface area contributed by atoms with Gasteiger partial charge in [0.15, 0.2) is 0 Å². The summed E-state index contributed by atoms with van der Waals surface area (Å²) in [5.41, 5.74) is -6.16. The maximum atomic E-state index is 13.5. The molecule has 0 rings (SSSR count). The second-order valence-electron chi connectivity index (χ2n) is 4.61. The van der Waals surface area contributed by atoms with Gasteiger partial charge in [0, 0.05) is 0 Å². The lowest BCUT2D eigenvalue weighted by Crippen LogP contribution is -2.56. The Morgan fingerprint density at radius 2 is 1.53 bits per heavy atom. The van der Waals surface area contributed by atoms with Crippen molar-refractivity contribution in [3.8, 4) is 0 Å². The minimum atomic E-state index is -6.19. The van der Waals surface area contributed by atoms with Crippen molar-refractivity contribution in [2.45, 2.75) is 38.3 Å². The zero-order valence-electron chi connectivity index (χ0n) is 9.96. The van der Waals surface area contributed by atoms with E-state index in [-0.39, 0.29) is 0 Å². The minimum absolute atomic E-state index is 1.03. The Balaban J connectivity index is 5.67. The number of rotatable bonds is 3. The maximum absolute atomic E-state index is 13.5. The monoisotopic (exact) mass is 314 g/mol. The average Bonchev–Trinajstić information content (AvgIpc) is 2.11. The number of carbonyl (C=O) groups excluding carboxylic acids is 1. The lowest BCUT2D eigenvalue weighted by Gasteiger charge is -2.31. The van der Waals surface area contributed by atoms with Crippen molar-refractivity contribution in [2.24, 2.45) is 5.41 Å². The summed E-state index contributed by atoms with van der Waals surface area (Å²) in [5, 5.41) is 0. The van der Waals surface area contributed by atoms with Crippen LogP contribution in [0.4, 0.5) is 22.0 Å². The SMILES string of the molecule is CC(C)(C)C(=O)OC(F)(C(F)S(=O)(=O)O)C(F)(F)F. The van der Waals surface area contributed by atoms with Crippen LogP contribution in [0.2, 0.25) is 0 Å². The summed E-state index contributed by atoms with van der Waals surface area (Å²) in [6, 6.07) is 0. The molecule has 19 heavy (non-hydrogen) atoms. The summed E-state index contributed by atoms with van der Waals surface area (Å²) >= 11 is 0. The van der Waals surface area contributed by atoms with Crippen LogP contribution in [0.1, 0.15) is 20.8 Å². The van der Waals surface area contributed by atoms with Crippen molar-refractivity contribution in [2.75, 3.05) is 0 Å². The average molecular weight is 314 g/mol. The predicted molar refractivity (Wildman–Crippen MR) is 51.9 cm³/mol. The van der Waals surface area contributed by atoms with Gasteiger partial charge in [-0.1, -0.05) is 0 Å². The van der Waals surface area contributed by atoms with Crippen LogP contribution < -0.4 is 0 Å². The molecule has 2 unspecified atom stereocenters. The van der Waals surface area contributed by atoms with E-state index in [0.29, 0.717) is 0 Å². The second kappa shape index (κ2) is 4.85. The van der Waals surface area contributed by atoms with E-state index in [1.807, 2.05) is 0 Å². The van der Waals surface area contributed by atoms with Crippen LogP contribution >= 0.6 is 0 Å². The highest BCUT2D eigenvalue weighted by Crippen LogP contribution is 2.42. The Hall–Kier alpha value is -0.970. The topological polar surface area (TPSA) is 80.7 Å². The summed E-state index contributed by atoms with van der Waals surface area (Å²) < 4.78 is 95.7. The van der Waals surface area contributed by atoms with E-state index in [1.54, 1.807) is 0 Å². The van der Waals surface area contributed by atoms with Crippen molar-refractivity contribution < 1.29 is 44.5 Å². The maximum Gasteiger partial charge on any atom is 0.464 e. The number of ether oxygens (including phenoxy) is 1. The van der Waals surface area contributed by atoms with Crippen molar-refractivity contribution in [1.82, 2.24) is 0 Å². The molecule has 0 fully saturated rings. The van der Waals surface area contributed by atoms with Crippen LogP contribution in [0.5, 0.6) is 0 Å². The molecule has 0 aromatic rings. The molecule has 0 aromatic heterocycles. The Bertz CT molecular complexity index is 451. The molecular formula is C8H11F5O5S. The summed E-state index contributed by atoms with van der Waals surface area (Å²) in [5.74, 6) is -7.33. The molecule has 0 spiro atoms. The standard InChI is InChI=1S/C8H11F5O5S/c1-6(2,3)5(14)18-7(10,8(11,12)13)4(9)19(15,16)17/h4H,1-3H3,(H,15,16,17). The van der Waals surface area contributed by atoms with Gasteiger partial charge in [0.1, 0.15) is 0 Å². The van der Waals surface area contributed by atoms with E-state index in [9.17, 15) is 35.2 Å². The molecule has 2 atom stereocenters. The second-order valence-corrected chi connectivity index (χ2v) is 6.06. The quantitative estimate of drug-likeness (QED) is 0.489. The highest BCUT2D eigenvalue weighted by molar-refractivity contribution is 7.86. The molecule has 0 aliphatic rings. The van der Waals surface area contributed by atoms with Crippen molar-refractivity contribution in [3.05, 3.63) is 0 Å². The van der Waals surface area contributed by atoms with E-state index < -0.39 is 39.0 Å². The fourth-order valence-corrected chi connectivity index (χ4v) is 1.28. The van der Waals surface area contributed by atoms with Crippen LogP contribution in [0, 0.1) is 5.41 Å². The third-order valence-corrected chi connectivity index (χ3v) is 2.62. The molecule has 0 saturated carbocycles. The molecule has 0 saturated heterocycles. The van der Waals surface area contributed by atoms with E-state index in [4.69, 9.17) is 4.55 Å². The zero-order chi connectivity index (χ0) is 15.9. The summed E-state index contributed by atoms with van der Waals surface area (Å²) in [4.78, 5) is 11.2. The number of alkyl halides is 5. The molecule has 114 valence electrons. The van der Waals surface area contributed by atoms with Crippen LogP contribution in [0.15, 0.2) is 0 Å². The Morgan fingerprint density at radius 3 is 1.74 bits per heavy atom. The Kier molecular flexibility index (Phi) is 4.60. The molecule has 0 bridgehead atoms. The van der Waals surface area contributed by atoms with E-state index in [2.05, 4.69) is 4.74 Å². The number of halogens is 5. The highest BCUT2D eigenvalue weighted by Gasteiger charge is 2.70. The van der Waals surface area contributed by atoms with Gasteiger partial charge in [-0.2, -0.15) is 26.0 Å². The molecule has 0 aliphatic carbocycles. The number of esters is 1. The van der Waals surface area contributed by atoms with Crippen LogP contribution in [-0.2, 0) is 19.6 Å². The molecule has 0 amide bonds. The highest BCUT2D eigenvalue weighted by atomic mass is 32.2. The van der Waals surface area contributed by atoms with Gasteiger partial charge >= 0.3 is 33.6 Å². The third kappa shape index (κ3) is 4.00. The third-order valence-electron chi connectivity index (χ3n) is 1.79. The molecule has 11 heteroatoms. The fraction of sp³-hybridized carbons (Fsp3) is 0.875. The van der Waals surface area contributed by atoms with Gasteiger partial charge in [0.25, 0.3) is 0 Å². The van der Waals surface area contributed by atoms with E-state index >= 15 is 0 Å². The molecular weight excluding hydrogens is 303 g/mol. The summed E-state index contributed by atoms with van der Waals surface area (Å²) in [6.45, 7) is 3.10. The molecule has 0 radical (unpaired) electrons. The molecule has 5 nitrogen and oxygen atoms in total. The smallest absolute Gasteiger partial charge is 0.416 e. The van der Waals surface area contributed by atoms with Gasteiger partial charge in [0.2, 0.25) is 0 Å². The lowest BCUT2D eigenvalue weighted by atomic mass is 9.97. The Morgan fingerprint density at radius 1 is 1.16 bits per heavy atom. The number of hydrogen-bond acceptors (Lipinski definition) is 4. The zero-order valence-corrected chi connectivity index (χ0v) is 10.8. The molecule has 0 aromatic carbocycles. The lowest BCUT2D eigenvalue weighted by molar-refractivity contribution is -0.332. The van der Waals surface area contributed by atoms with Crippen molar-refractivity contribution >= 4 is 16.1 Å². The van der Waals surface area contributed by atoms with Crippen LogP contribution in [0.25, 0.3) is 0 Å². The fourth-order valence-electron chi connectivity index (χ4n) is 0.712. The van der Waals surface area contributed by atoms with E-state index in [1.165, 1.54) is 0 Å². The predicted octanol–water partition coefficient (Wildman–Crippen LogP) is 1.99. The van der Waals surface area contributed by atoms with Crippen molar-refractivity contribution in [1.29, 1.82) is 0 Å². The van der Waals surface area contributed by atoms with Gasteiger partial charge in [-0.25, -0.2) is 4.39 Å². The number of carbonyl (C=O) groups is 1. The first kappa shape index (κ1) is 18.0. The van der Waals surface area contributed by atoms with Gasteiger partial charge in [0.05, 0.1) is 5.41 Å². The normalized spacial score (nSPS) is 18.6. The van der Waals surface area contributed by atoms with Gasteiger partial charge in [-0.3, -0.25) is 9.35 Å². The van der Waals surface area contributed by atoms with Gasteiger partial charge in [-0.05, 0) is 20.8 Å². The Labute approximate surface area is 105 Å². The van der Waals surface area contributed by atoms with E-state index in [0.717, 1.165) is 20.8 Å². The summed E-state index contributed by atoms with van der Waals surface area (Å²) in [7, 11) is -6.07. The molecule has 1 N–H and O–H groups in total. The van der Waals surface area contributed by atoms with Gasteiger partial charge < -0.3 is 4.74 Å². The number of hydrogen-bond donors (Lipinski definition) is 1. The largest absolute Gasteiger partial charge is 0.464 e. The van der Waals surface area contributed by atoms with Gasteiger partial charge in [-0.15, -0.1) is 0 Å². The molecule has 0 aliphatic heterocycles. The van der Waals surface area contributed by atoms with Crippen molar-refractivity contribution in [3.63, 3.8) is 0 Å². The first-order chi connectivity index (χ1) is 8.03. The first-order valence-electron chi connectivity index (χ1n) is 4.63. The van der Waals surface area contributed by atoms with Crippen LogP contribution in [0.3, 0.4) is 0 Å².